The Morgan fingerprint density at radius 1 is 1.16 bits per heavy atom. The van der Waals surface area contributed by atoms with Crippen LogP contribution in [0.5, 0.6) is 0 Å². The Labute approximate surface area is 181 Å². The number of nitrogens with zero attached hydrogens (tertiary/aromatic N) is 5. The third-order valence-electron chi connectivity index (χ3n) is 6.39. The lowest BCUT2D eigenvalue weighted by Gasteiger charge is -2.36. The third kappa shape index (κ3) is 3.58. The Kier molecular flexibility index (Phi) is 4.76. The first-order valence-electron chi connectivity index (χ1n) is 10.6. The number of H-pyrrole nitrogens is 1. The number of carbonyl (C=O) groups excluding carboxylic acids is 1. The van der Waals surface area contributed by atoms with Gasteiger partial charge >= 0.3 is 0 Å². The zero-order valence-corrected chi connectivity index (χ0v) is 18.5. The number of anilines is 1. The minimum atomic E-state index is -2.97. The number of hydrogen-bond donors (Lipinski definition) is 1. The zero-order valence-electron chi connectivity index (χ0n) is 17.7. The van der Waals surface area contributed by atoms with Crippen LogP contribution in [-0.2, 0) is 9.84 Å². The van der Waals surface area contributed by atoms with Crippen LogP contribution in [0.4, 0.5) is 5.69 Å². The molecule has 0 aliphatic carbocycles. The van der Waals surface area contributed by atoms with Gasteiger partial charge in [-0.15, -0.1) is 0 Å². The maximum absolute atomic E-state index is 13.0. The fourth-order valence-corrected chi connectivity index (χ4v) is 6.51. The molecule has 0 unspecified atom stereocenters. The molecule has 2 aliphatic heterocycles. The lowest BCUT2D eigenvalue weighted by molar-refractivity contribution is 0.0747. The number of carbonyl (C=O) groups is 1. The third-order valence-corrected chi connectivity index (χ3v) is 8.14. The van der Waals surface area contributed by atoms with Crippen LogP contribution < -0.4 is 4.90 Å². The molecule has 0 saturated carbocycles. The minimum Gasteiger partial charge on any atom is -0.365 e. The van der Waals surface area contributed by atoms with Crippen molar-refractivity contribution in [1.82, 2.24) is 24.6 Å². The number of imidazole rings is 1. The normalized spacial score (nSPS) is 21.2. The lowest BCUT2D eigenvalue weighted by Crippen LogP contribution is -2.49. The van der Waals surface area contributed by atoms with Crippen molar-refractivity contribution in [2.75, 3.05) is 42.6 Å². The van der Waals surface area contributed by atoms with Gasteiger partial charge in [-0.3, -0.25) is 9.48 Å². The molecule has 0 radical (unpaired) electrons. The highest BCUT2D eigenvalue weighted by Crippen LogP contribution is 2.31. The van der Waals surface area contributed by atoms with Crippen molar-refractivity contribution in [3.8, 4) is 0 Å². The van der Waals surface area contributed by atoms with Crippen LogP contribution in [0.2, 0.25) is 0 Å². The Bertz CT molecular complexity index is 1250. The van der Waals surface area contributed by atoms with E-state index in [2.05, 4.69) is 20.0 Å². The summed E-state index contributed by atoms with van der Waals surface area (Å²) in [4.78, 5) is 24.4. The largest absolute Gasteiger partial charge is 0.365 e. The fourth-order valence-electron chi connectivity index (χ4n) is 4.82. The average Bonchev–Trinajstić information content (AvgIpc) is 3.44. The van der Waals surface area contributed by atoms with Crippen LogP contribution in [0.3, 0.4) is 0 Å². The van der Waals surface area contributed by atoms with Gasteiger partial charge in [0.15, 0.2) is 9.84 Å². The number of piperazine rings is 1. The lowest BCUT2D eigenvalue weighted by atomic mass is 10.1. The standard InChI is InChI=1S/C21H26N6O3S/c1-14-20(15(2)27(24-14)17-5-10-31(29,30)12-17)25-6-8-26(9-7-25)21(28)16-3-4-18-19(11-16)23-13-22-18/h3-4,11,13,17H,5-10,12H2,1-2H3,(H,22,23)/t17-/m0/s1. The van der Waals surface area contributed by atoms with Gasteiger partial charge in [0.1, 0.15) is 0 Å². The Hall–Kier alpha value is -2.88. The molecule has 1 atom stereocenters. The number of fused-ring (bicyclic) bond motifs is 1. The predicted octanol–water partition coefficient (Wildman–Crippen LogP) is 1.70. The van der Waals surface area contributed by atoms with E-state index in [4.69, 9.17) is 0 Å². The van der Waals surface area contributed by atoms with Crippen molar-refractivity contribution in [3.05, 3.63) is 41.5 Å². The number of rotatable bonds is 3. The molecule has 0 spiro atoms. The number of hydrogen-bond acceptors (Lipinski definition) is 6. The van der Waals surface area contributed by atoms with E-state index in [1.54, 1.807) is 6.33 Å². The predicted molar refractivity (Wildman–Crippen MR) is 118 cm³/mol. The monoisotopic (exact) mass is 442 g/mol. The van der Waals surface area contributed by atoms with Crippen molar-refractivity contribution in [2.24, 2.45) is 0 Å². The van der Waals surface area contributed by atoms with Crippen LogP contribution in [0.1, 0.15) is 34.2 Å². The number of nitrogens with one attached hydrogen (secondary N) is 1. The van der Waals surface area contributed by atoms with Gasteiger partial charge in [-0.2, -0.15) is 5.10 Å². The fraction of sp³-hybridized carbons (Fsp3) is 0.476. The number of amides is 1. The number of benzene rings is 1. The Morgan fingerprint density at radius 3 is 2.65 bits per heavy atom. The first kappa shape index (κ1) is 20.0. The molecule has 1 aromatic carbocycles. The first-order chi connectivity index (χ1) is 14.8. The highest BCUT2D eigenvalue weighted by molar-refractivity contribution is 7.91. The van der Waals surface area contributed by atoms with Crippen molar-refractivity contribution in [1.29, 1.82) is 0 Å². The van der Waals surface area contributed by atoms with E-state index < -0.39 is 9.84 Å². The van der Waals surface area contributed by atoms with Gasteiger partial charge in [0.25, 0.3) is 5.91 Å². The van der Waals surface area contributed by atoms with Gasteiger partial charge in [-0.05, 0) is 38.5 Å². The molecule has 2 fully saturated rings. The average molecular weight is 443 g/mol. The van der Waals surface area contributed by atoms with Gasteiger partial charge in [0, 0.05) is 31.7 Å². The van der Waals surface area contributed by atoms with Crippen LogP contribution in [-0.4, -0.2) is 76.7 Å². The van der Waals surface area contributed by atoms with E-state index in [0.29, 0.717) is 38.2 Å². The van der Waals surface area contributed by atoms with Gasteiger partial charge in [-0.25, -0.2) is 13.4 Å². The molecule has 4 heterocycles. The molecule has 5 rings (SSSR count). The summed E-state index contributed by atoms with van der Waals surface area (Å²) >= 11 is 0. The highest BCUT2D eigenvalue weighted by atomic mass is 32.2. The van der Waals surface area contributed by atoms with E-state index in [9.17, 15) is 13.2 Å². The second kappa shape index (κ2) is 7.37. The van der Waals surface area contributed by atoms with Gasteiger partial charge < -0.3 is 14.8 Å². The summed E-state index contributed by atoms with van der Waals surface area (Å²) in [6.07, 6.45) is 2.25. The molecule has 31 heavy (non-hydrogen) atoms. The maximum Gasteiger partial charge on any atom is 0.254 e. The summed E-state index contributed by atoms with van der Waals surface area (Å²) in [5.74, 6) is 0.421. The molecule has 3 aromatic rings. The van der Waals surface area contributed by atoms with Crippen molar-refractivity contribution >= 4 is 32.5 Å². The topological polar surface area (TPSA) is 104 Å². The second-order valence-electron chi connectivity index (χ2n) is 8.43. The summed E-state index contributed by atoms with van der Waals surface area (Å²) in [5.41, 5.74) is 5.34. The van der Waals surface area contributed by atoms with Crippen molar-refractivity contribution in [2.45, 2.75) is 26.3 Å². The first-order valence-corrected chi connectivity index (χ1v) is 12.4. The molecule has 1 N–H and O–H groups in total. The molecule has 0 bridgehead atoms. The summed E-state index contributed by atoms with van der Waals surface area (Å²) in [6, 6.07) is 5.45. The number of aromatic nitrogens is 4. The van der Waals surface area contributed by atoms with Gasteiger partial charge in [-0.1, -0.05) is 0 Å². The zero-order chi connectivity index (χ0) is 21.8. The summed E-state index contributed by atoms with van der Waals surface area (Å²) in [6.45, 7) is 6.67. The van der Waals surface area contributed by atoms with E-state index >= 15 is 0 Å². The SMILES string of the molecule is Cc1nn([C@H]2CCS(=O)(=O)C2)c(C)c1N1CCN(C(=O)c2ccc3nc[nH]c3c2)CC1. The molecule has 2 aliphatic rings. The van der Waals surface area contributed by atoms with Crippen LogP contribution in [0.25, 0.3) is 11.0 Å². The van der Waals surface area contributed by atoms with E-state index in [1.807, 2.05) is 41.6 Å². The molecule has 2 aromatic heterocycles. The molecular formula is C21H26N6O3S. The minimum absolute atomic E-state index is 0.0245. The highest BCUT2D eigenvalue weighted by Gasteiger charge is 2.33. The molecule has 9 nitrogen and oxygen atoms in total. The number of aryl methyl sites for hydroxylation is 1. The second-order valence-corrected chi connectivity index (χ2v) is 10.7. The van der Waals surface area contributed by atoms with Gasteiger partial charge in [0.05, 0.1) is 52.0 Å². The molecule has 2 saturated heterocycles. The van der Waals surface area contributed by atoms with Crippen molar-refractivity contribution in [3.63, 3.8) is 0 Å². The van der Waals surface area contributed by atoms with Crippen LogP contribution in [0, 0.1) is 13.8 Å². The summed E-state index contributed by atoms with van der Waals surface area (Å²) < 4.78 is 25.7. The summed E-state index contributed by atoms with van der Waals surface area (Å²) in [7, 11) is -2.97. The maximum atomic E-state index is 13.0. The van der Waals surface area contributed by atoms with Crippen LogP contribution in [0.15, 0.2) is 24.5 Å². The van der Waals surface area contributed by atoms with E-state index in [0.717, 1.165) is 28.1 Å². The quantitative estimate of drug-likeness (QED) is 0.662. The molecule has 164 valence electrons. The molecule has 1 amide bonds. The smallest absolute Gasteiger partial charge is 0.254 e. The number of sulfone groups is 1. The molecular weight excluding hydrogens is 416 g/mol. The Balaban J connectivity index is 1.30. The number of aromatic amines is 1. The van der Waals surface area contributed by atoms with Crippen LogP contribution >= 0.6 is 0 Å². The van der Waals surface area contributed by atoms with E-state index in [-0.39, 0.29) is 23.5 Å². The molecule has 10 heteroatoms. The van der Waals surface area contributed by atoms with Crippen molar-refractivity contribution < 1.29 is 13.2 Å². The van der Waals surface area contributed by atoms with E-state index in [1.165, 1.54) is 0 Å². The Morgan fingerprint density at radius 2 is 1.94 bits per heavy atom. The van der Waals surface area contributed by atoms with Gasteiger partial charge in [0.2, 0.25) is 0 Å². The summed E-state index contributed by atoms with van der Waals surface area (Å²) in [5, 5.41) is 4.68.